The quantitative estimate of drug-likeness (QED) is 0.387. The van der Waals surface area contributed by atoms with Crippen LogP contribution in [0.2, 0.25) is 0 Å². The predicted molar refractivity (Wildman–Crippen MR) is 134 cm³/mol. The van der Waals surface area contributed by atoms with E-state index in [0.29, 0.717) is 10.9 Å². The summed E-state index contributed by atoms with van der Waals surface area (Å²) in [6.45, 7) is 1.46. The first kappa shape index (κ1) is 23.2. The van der Waals surface area contributed by atoms with Crippen LogP contribution < -0.4 is 21.0 Å². The summed E-state index contributed by atoms with van der Waals surface area (Å²) < 4.78 is 57.2. The van der Waals surface area contributed by atoms with Crippen molar-refractivity contribution < 1.29 is 21.9 Å². The minimum atomic E-state index is -4.33. The van der Waals surface area contributed by atoms with Crippen LogP contribution in [0.15, 0.2) is 56.6 Å². The van der Waals surface area contributed by atoms with Crippen LogP contribution in [0, 0.1) is 0 Å². The van der Waals surface area contributed by atoms with Crippen LogP contribution >= 0.6 is 0 Å². The van der Waals surface area contributed by atoms with Crippen molar-refractivity contribution in [1.29, 1.82) is 0 Å². The molecule has 1 aliphatic heterocycles. The molecule has 0 atom stereocenters. The van der Waals surface area contributed by atoms with E-state index in [-0.39, 0.29) is 39.5 Å². The molecule has 0 bridgehead atoms. The van der Waals surface area contributed by atoms with Crippen LogP contribution in [0.1, 0.15) is 31.7 Å². The average molecular weight is 518 g/mol. The lowest BCUT2D eigenvalue weighted by atomic mass is 9.94. The number of aromatic nitrogens is 1. The second kappa shape index (κ2) is 8.27. The highest BCUT2D eigenvalue weighted by molar-refractivity contribution is 7.92. The highest BCUT2D eigenvalue weighted by atomic mass is 32.2. The molecule has 0 spiro atoms. The predicted octanol–water partition coefficient (Wildman–Crippen LogP) is 2.13. The van der Waals surface area contributed by atoms with E-state index in [9.17, 15) is 26.7 Å². The summed E-state index contributed by atoms with van der Waals surface area (Å²) in [5.74, 6) is -0.897. The van der Waals surface area contributed by atoms with Crippen molar-refractivity contribution in [3.05, 3.63) is 58.4 Å². The molecule has 0 amide bonds. The maximum atomic E-state index is 13.5. The van der Waals surface area contributed by atoms with Gasteiger partial charge in [0.2, 0.25) is 10.0 Å². The van der Waals surface area contributed by atoms with Gasteiger partial charge in [-0.25, -0.2) is 13.1 Å². The Kier molecular flexibility index (Phi) is 5.48. The van der Waals surface area contributed by atoms with E-state index in [1.165, 1.54) is 23.7 Å². The zero-order valence-corrected chi connectivity index (χ0v) is 20.3. The number of amidine groups is 1. The SMILES string of the molecule is CCS(=O)(=O)Nc1ccc2c(c1)S(=O)(=O)N=C(c1c(O)c3ccccc3n(NC3CCC3)c1=O)N2. The maximum Gasteiger partial charge on any atom is 0.286 e. The van der Waals surface area contributed by atoms with Gasteiger partial charge >= 0.3 is 0 Å². The molecule has 0 radical (unpaired) electrons. The van der Waals surface area contributed by atoms with Crippen molar-refractivity contribution in [1.82, 2.24) is 4.68 Å². The maximum absolute atomic E-state index is 13.5. The average Bonchev–Trinajstić information content (AvgIpc) is 2.78. The number of para-hydroxylation sites is 1. The lowest BCUT2D eigenvalue weighted by Gasteiger charge is -2.29. The van der Waals surface area contributed by atoms with Crippen LogP contribution in [0.5, 0.6) is 5.75 Å². The van der Waals surface area contributed by atoms with Crippen molar-refractivity contribution in [2.75, 3.05) is 21.2 Å². The molecule has 1 aliphatic carbocycles. The number of sulfonamides is 2. The minimum Gasteiger partial charge on any atom is -0.506 e. The molecule has 3 aromatic rings. The summed E-state index contributed by atoms with van der Waals surface area (Å²) in [6, 6.07) is 10.8. The van der Waals surface area contributed by atoms with Crippen molar-refractivity contribution in [2.45, 2.75) is 37.1 Å². The van der Waals surface area contributed by atoms with Gasteiger partial charge in [0.25, 0.3) is 15.6 Å². The number of rotatable bonds is 6. The van der Waals surface area contributed by atoms with Gasteiger partial charge in [-0.3, -0.25) is 9.52 Å². The monoisotopic (exact) mass is 517 g/mol. The molecule has 4 N–H and O–H groups in total. The molecular formula is C22H23N5O6S2. The second-order valence-corrected chi connectivity index (χ2v) is 12.0. The molecular weight excluding hydrogens is 494 g/mol. The fourth-order valence-electron chi connectivity index (χ4n) is 3.97. The van der Waals surface area contributed by atoms with Gasteiger partial charge < -0.3 is 15.8 Å². The van der Waals surface area contributed by atoms with Gasteiger partial charge in [0.05, 0.1) is 17.0 Å². The minimum absolute atomic E-state index is 0.0650. The molecule has 13 heteroatoms. The van der Waals surface area contributed by atoms with Gasteiger partial charge in [0.1, 0.15) is 16.2 Å². The van der Waals surface area contributed by atoms with Gasteiger partial charge in [-0.1, -0.05) is 12.1 Å². The van der Waals surface area contributed by atoms with Crippen molar-refractivity contribution in [3.63, 3.8) is 0 Å². The molecule has 2 aliphatic rings. The molecule has 1 aromatic heterocycles. The van der Waals surface area contributed by atoms with Crippen molar-refractivity contribution in [3.8, 4) is 5.75 Å². The van der Waals surface area contributed by atoms with Crippen LogP contribution in [-0.2, 0) is 20.0 Å². The summed E-state index contributed by atoms with van der Waals surface area (Å²) in [5, 5.41) is 14.2. The first-order chi connectivity index (χ1) is 16.6. The molecule has 1 fully saturated rings. The molecule has 11 nitrogen and oxygen atoms in total. The van der Waals surface area contributed by atoms with E-state index in [1.807, 2.05) is 0 Å². The van der Waals surface area contributed by atoms with E-state index in [0.717, 1.165) is 25.3 Å². The van der Waals surface area contributed by atoms with Gasteiger partial charge in [0.15, 0.2) is 5.84 Å². The van der Waals surface area contributed by atoms with Crippen molar-refractivity contribution in [2.24, 2.45) is 4.40 Å². The lowest BCUT2D eigenvalue weighted by Crippen LogP contribution is -2.42. The largest absolute Gasteiger partial charge is 0.506 e. The van der Waals surface area contributed by atoms with E-state index >= 15 is 0 Å². The number of anilines is 2. The van der Waals surface area contributed by atoms with Gasteiger partial charge in [-0.05, 0) is 56.5 Å². The highest BCUT2D eigenvalue weighted by Crippen LogP contribution is 2.34. The Morgan fingerprint density at radius 2 is 1.94 bits per heavy atom. The Hall–Kier alpha value is -3.58. The summed E-state index contributed by atoms with van der Waals surface area (Å²) in [7, 11) is -7.95. The number of hydrogen-bond donors (Lipinski definition) is 4. The van der Waals surface area contributed by atoms with E-state index in [4.69, 9.17) is 0 Å². The number of nitrogens with one attached hydrogen (secondary N) is 3. The number of hydrogen-bond acceptors (Lipinski definition) is 8. The first-order valence-corrected chi connectivity index (χ1v) is 14.1. The lowest BCUT2D eigenvalue weighted by molar-refractivity contribution is 0.414. The summed E-state index contributed by atoms with van der Waals surface area (Å²) in [4.78, 5) is 13.2. The molecule has 184 valence electrons. The molecule has 1 saturated carbocycles. The Labute approximate surface area is 201 Å². The Morgan fingerprint density at radius 1 is 1.20 bits per heavy atom. The number of pyridine rings is 1. The zero-order chi connectivity index (χ0) is 25.0. The number of fused-ring (bicyclic) bond motifs is 2. The summed E-state index contributed by atoms with van der Waals surface area (Å²) in [5.41, 5.74) is 2.85. The van der Waals surface area contributed by atoms with Crippen LogP contribution in [-0.4, -0.2) is 44.2 Å². The van der Waals surface area contributed by atoms with E-state index in [1.54, 1.807) is 24.3 Å². The van der Waals surface area contributed by atoms with Crippen LogP contribution in [0.3, 0.4) is 0 Å². The summed E-state index contributed by atoms with van der Waals surface area (Å²) in [6.07, 6.45) is 2.82. The fourth-order valence-corrected chi connectivity index (χ4v) is 5.75. The van der Waals surface area contributed by atoms with Crippen molar-refractivity contribution >= 4 is 48.2 Å². The molecule has 2 aromatic carbocycles. The van der Waals surface area contributed by atoms with Crippen LogP contribution in [0.4, 0.5) is 11.4 Å². The Bertz CT molecular complexity index is 1660. The second-order valence-electron chi connectivity index (χ2n) is 8.39. The molecule has 5 rings (SSSR count). The normalized spacial score (nSPS) is 17.1. The molecule has 0 saturated heterocycles. The smallest absolute Gasteiger partial charge is 0.286 e. The first-order valence-electron chi connectivity index (χ1n) is 11.0. The van der Waals surface area contributed by atoms with Gasteiger partial charge in [-0.15, -0.1) is 4.40 Å². The van der Waals surface area contributed by atoms with Crippen LogP contribution in [0.25, 0.3) is 10.9 Å². The highest BCUT2D eigenvalue weighted by Gasteiger charge is 2.31. The molecule has 0 unspecified atom stereocenters. The van der Waals surface area contributed by atoms with Gasteiger partial charge in [0, 0.05) is 17.1 Å². The topological polar surface area (TPSA) is 159 Å². The summed E-state index contributed by atoms with van der Waals surface area (Å²) >= 11 is 0. The third-order valence-electron chi connectivity index (χ3n) is 6.08. The third kappa shape index (κ3) is 4.10. The number of benzene rings is 2. The Morgan fingerprint density at radius 3 is 2.63 bits per heavy atom. The standard InChI is InChI=1S/C22H23N5O6S2/c1-2-34(30,31)25-14-10-11-16-18(12-14)35(32,33)26-21(23-16)19-20(28)15-8-3-4-9-17(15)27(22(19)29)24-13-6-5-7-13/h3-4,8-13,24-25,28H,2,5-7H2,1H3,(H,23,26). The van der Waals surface area contributed by atoms with Gasteiger partial charge in [-0.2, -0.15) is 8.42 Å². The van der Waals surface area contributed by atoms with E-state index < -0.39 is 31.4 Å². The molecule has 35 heavy (non-hydrogen) atoms. The number of nitrogens with zero attached hydrogens (tertiary/aromatic N) is 2. The Balaban J connectivity index is 1.64. The third-order valence-corrected chi connectivity index (χ3v) is 8.71. The fraction of sp³-hybridized carbons (Fsp3) is 0.273. The van der Waals surface area contributed by atoms with E-state index in [2.05, 4.69) is 19.9 Å². The zero-order valence-electron chi connectivity index (χ0n) is 18.6. The number of aromatic hydroxyl groups is 1. The molecule has 2 heterocycles.